The van der Waals surface area contributed by atoms with Crippen molar-refractivity contribution in [2.45, 2.75) is 6.18 Å². The van der Waals surface area contributed by atoms with Crippen LogP contribution in [-0.4, -0.2) is 21.0 Å². The van der Waals surface area contributed by atoms with Crippen LogP contribution in [-0.2, 0) is 6.18 Å². The predicted molar refractivity (Wildman–Crippen MR) is 103 cm³/mol. The Labute approximate surface area is 168 Å². The van der Waals surface area contributed by atoms with Crippen molar-refractivity contribution < 1.29 is 27.5 Å². The summed E-state index contributed by atoms with van der Waals surface area (Å²) >= 11 is 0. The number of carbonyl (C=O) groups is 1. The van der Waals surface area contributed by atoms with Crippen molar-refractivity contribution in [3.05, 3.63) is 84.4 Å². The van der Waals surface area contributed by atoms with Gasteiger partial charge in [0, 0.05) is 11.1 Å². The number of alkyl halides is 3. The van der Waals surface area contributed by atoms with Crippen LogP contribution < -0.4 is 0 Å². The summed E-state index contributed by atoms with van der Waals surface area (Å²) in [5.41, 5.74) is 1.12. The zero-order valence-electron chi connectivity index (χ0n) is 15.2. The van der Waals surface area contributed by atoms with Gasteiger partial charge in [-0.05, 0) is 41.5 Å². The molecule has 0 amide bonds. The Morgan fingerprint density at radius 1 is 0.867 bits per heavy atom. The van der Waals surface area contributed by atoms with Gasteiger partial charge in [-0.1, -0.05) is 30.3 Å². The fraction of sp³-hybridized carbons (Fsp3) is 0.0455. The van der Waals surface area contributed by atoms with Gasteiger partial charge in [0.15, 0.2) is 5.82 Å². The first kappa shape index (κ1) is 19.4. The maximum Gasteiger partial charge on any atom is 0.433 e. The van der Waals surface area contributed by atoms with E-state index in [2.05, 4.69) is 9.97 Å². The number of halogens is 3. The minimum Gasteiger partial charge on any atom is -0.478 e. The van der Waals surface area contributed by atoms with Crippen molar-refractivity contribution in [1.29, 1.82) is 0 Å². The molecule has 0 aliphatic rings. The highest BCUT2D eigenvalue weighted by molar-refractivity contribution is 5.89. The van der Waals surface area contributed by atoms with Gasteiger partial charge in [-0.15, -0.1) is 0 Å². The lowest BCUT2D eigenvalue weighted by molar-refractivity contribution is -0.141. The Kier molecular flexibility index (Phi) is 4.83. The number of aromatic nitrogens is 2. The monoisotopic (exact) mass is 410 g/mol. The number of furan rings is 1. The largest absolute Gasteiger partial charge is 0.478 e. The van der Waals surface area contributed by atoms with E-state index in [0.29, 0.717) is 22.3 Å². The molecule has 0 unspecified atom stereocenters. The van der Waals surface area contributed by atoms with Crippen LogP contribution in [0.2, 0.25) is 0 Å². The smallest absolute Gasteiger partial charge is 0.433 e. The highest BCUT2D eigenvalue weighted by Gasteiger charge is 2.34. The van der Waals surface area contributed by atoms with Crippen molar-refractivity contribution in [3.63, 3.8) is 0 Å². The molecule has 8 heteroatoms. The first-order valence-electron chi connectivity index (χ1n) is 8.74. The molecule has 30 heavy (non-hydrogen) atoms. The van der Waals surface area contributed by atoms with E-state index in [1.165, 1.54) is 30.7 Å². The van der Waals surface area contributed by atoms with Crippen LogP contribution in [0.15, 0.2) is 77.6 Å². The molecule has 150 valence electrons. The third-order valence-corrected chi connectivity index (χ3v) is 4.40. The quantitative estimate of drug-likeness (QED) is 0.461. The first-order chi connectivity index (χ1) is 14.3. The third-order valence-electron chi connectivity index (χ3n) is 4.40. The van der Waals surface area contributed by atoms with Crippen LogP contribution in [0.25, 0.3) is 33.8 Å². The lowest BCUT2D eigenvalue weighted by Gasteiger charge is -2.11. The number of hydrogen-bond acceptors (Lipinski definition) is 4. The standard InChI is InChI=1S/C22H13F3N2O3/c23-22(24,25)19-11-18(17-7-8-30-12-17)26-20(27-19)15-5-1-3-13(9-15)14-4-2-6-16(10-14)21(28)29/h1-12H,(H,28,29). The van der Waals surface area contributed by atoms with Gasteiger partial charge in [-0.2, -0.15) is 13.2 Å². The van der Waals surface area contributed by atoms with Gasteiger partial charge in [-0.25, -0.2) is 14.8 Å². The summed E-state index contributed by atoms with van der Waals surface area (Å²) in [4.78, 5) is 19.2. The van der Waals surface area contributed by atoms with Crippen LogP contribution in [0.1, 0.15) is 16.1 Å². The van der Waals surface area contributed by atoms with Crippen molar-refractivity contribution in [2.24, 2.45) is 0 Å². The molecule has 2 heterocycles. The second-order valence-corrected chi connectivity index (χ2v) is 6.44. The molecule has 0 saturated heterocycles. The van der Waals surface area contributed by atoms with Crippen LogP contribution in [0.4, 0.5) is 13.2 Å². The van der Waals surface area contributed by atoms with E-state index in [0.717, 1.165) is 6.07 Å². The number of carboxylic acids is 1. The molecule has 1 N–H and O–H groups in total. The maximum atomic E-state index is 13.4. The molecule has 0 aliphatic heterocycles. The van der Waals surface area contributed by atoms with Crippen LogP contribution in [0.3, 0.4) is 0 Å². The summed E-state index contributed by atoms with van der Waals surface area (Å²) < 4.78 is 45.2. The second-order valence-electron chi connectivity index (χ2n) is 6.44. The highest BCUT2D eigenvalue weighted by Crippen LogP contribution is 2.33. The number of benzene rings is 2. The Hall–Kier alpha value is -3.94. The molecule has 0 atom stereocenters. The van der Waals surface area contributed by atoms with Crippen LogP contribution >= 0.6 is 0 Å². The summed E-state index contributed by atoms with van der Waals surface area (Å²) in [6.45, 7) is 0. The number of carboxylic acid groups (broad SMARTS) is 1. The van der Waals surface area contributed by atoms with Gasteiger partial charge in [0.2, 0.25) is 0 Å². The van der Waals surface area contributed by atoms with Gasteiger partial charge < -0.3 is 9.52 Å². The minimum atomic E-state index is -4.65. The molecule has 5 nitrogen and oxygen atoms in total. The molecule has 0 aliphatic carbocycles. The van der Waals surface area contributed by atoms with E-state index >= 15 is 0 Å². The zero-order chi connectivity index (χ0) is 21.3. The van der Waals surface area contributed by atoms with Gasteiger partial charge in [0.25, 0.3) is 0 Å². The highest BCUT2D eigenvalue weighted by atomic mass is 19.4. The molecule has 0 spiro atoms. The SMILES string of the molecule is O=C(O)c1cccc(-c2cccc(-c3nc(-c4ccoc4)cc(C(F)(F)F)n3)c2)c1. The number of aromatic carboxylic acids is 1. The molecule has 4 rings (SSSR count). The third kappa shape index (κ3) is 3.93. The number of nitrogens with zero attached hydrogens (tertiary/aromatic N) is 2. The topological polar surface area (TPSA) is 76.2 Å². The minimum absolute atomic E-state index is 0.0827. The molecular weight excluding hydrogens is 397 g/mol. The average Bonchev–Trinajstić information content (AvgIpc) is 3.28. The van der Waals surface area contributed by atoms with Crippen molar-refractivity contribution in [2.75, 3.05) is 0 Å². The predicted octanol–water partition coefficient (Wildman–Crippen LogP) is 5.79. The normalized spacial score (nSPS) is 11.4. The van der Waals surface area contributed by atoms with Crippen molar-refractivity contribution in [3.8, 4) is 33.8 Å². The Morgan fingerprint density at radius 2 is 1.57 bits per heavy atom. The number of rotatable bonds is 4. The summed E-state index contributed by atoms with van der Waals surface area (Å²) in [5, 5.41) is 9.18. The van der Waals surface area contributed by atoms with E-state index in [1.807, 2.05) is 0 Å². The molecule has 0 fully saturated rings. The number of hydrogen-bond donors (Lipinski definition) is 1. The summed E-state index contributed by atoms with van der Waals surface area (Å²) in [6, 6.07) is 15.3. The molecule has 0 bridgehead atoms. The molecular formula is C22H13F3N2O3. The summed E-state index contributed by atoms with van der Waals surface area (Å²) in [7, 11) is 0. The Balaban J connectivity index is 1.83. The lowest BCUT2D eigenvalue weighted by Crippen LogP contribution is -2.10. The van der Waals surface area contributed by atoms with Gasteiger partial charge in [0.1, 0.15) is 5.69 Å². The van der Waals surface area contributed by atoms with Crippen LogP contribution in [0.5, 0.6) is 0 Å². The van der Waals surface area contributed by atoms with E-state index in [-0.39, 0.29) is 17.1 Å². The molecule has 0 saturated carbocycles. The fourth-order valence-corrected chi connectivity index (χ4v) is 2.95. The molecule has 2 aromatic carbocycles. The van der Waals surface area contributed by atoms with E-state index in [1.54, 1.807) is 36.4 Å². The average molecular weight is 410 g/mol. The fourth-order valence-electron chi connectivity index (χ4n) is 2.95. The Morgan fingerprint density at radius 3 is 2.23 bits per heavy atom. The van der Waals surface area contributed by atoms with Crippen molar-refractivity contribution >= 4 is 5.97 Å². The van der Waals surface area contributed by atoms with Crippen LogP contribution in [0, 0.1) is 0 Å². The molecule has 0 radical (unpaired) electrons. The lowest BCUT2D eigenvalue weighted by atomic mass is 10.0. The molecule has 2 aromatic heterocycles. The maximum absolute atomic E-state index is 13.4. The first-order valence-corrected chi connectivity index (χ1v) is 8.74. The zero-order valence-corrected chi connectivity index (χ0v) is 15.2. The van der Waals surface area contributed by atoms with E-state index in [9.17, 15) is 23.1 Å². The van der Waals surface area contributed by atoms with E-state index < -0.39 is 17.8 Å². The van der Waals surface area contributed by atoms with Crippen molar-refractivity contribution in [1.82, 2.24) is 9.97 Å². The van der Waals surface area contributed by atoms with Gasteiger partial charge in [0.05, 0.1) is 23.8 Å². The van der Waals surface area contributed by atoms with E-state index in [4.69, 9.17) is 4.42 Å². The van der Waals surface area contributed by atoms with Gasteiger partial charge >= 0.3 is 12.1 Å². The molecule has 4 aromatic rings. The summed E-state index contributed by atoms with van der Waals surface area (Å²) in [6.07, 6.45) is -2.00. The summed E-state index contributed by atoms with van der Waals surface area (Å²) in [5.74, 6) is -1.17. The second kappa shape index (κ2) is 7.47. The Bertz CT molecular complexity index is 1220. The van der Waals surface area contributed by atoms with Gasteiger partial charge in [-0.3, -0.25) is 0 Å².